The summed E-state index contributed by atoms with van der Waals surface area (Å²) in [6, 6.07) is 13.8. The van der Waals surface area contributed by atoms with Gasteiger partial charge in [0.05, 0.1) is 12.7 Å². The summed E-state index contributed by atoms with van der Waals surface area (Å²) in [5.74, 6) is 0.575. The molecule has 4 aliphatic rings. The number of fused-ring (bicyclic) bond motifs is 4. The fourth-order valence-corrected chi connectivity index (χ4v) is 6.02. The fourth-order valence-electron chi connectivity index (χ4n) is 6.02. The van der Waals surface area contributed by atoms with E-state index in [2.05, 4.69) is 50.2 Å². The van der Waals surface area contributed by atoms with E-state index in [-0.39, 0.29) is 0 Å². The molecule has 0 radical (unpaired) electrons. The van der Waals surface area contributed by atoms with E-state index in [1.807, 2.05) is 0 Å². The molecule has 0 N–H and O–H groups in total. The Labute approximate surface area is 158 Å². The van der Waals surface area contributed by atoms with Crippen molar-refractivity contribution in [3.05, 3.63) is 47.5 Å². The van der Waals surface area contributed by atoms with E-state index in [9.17, 15) is 0 Å². The number of ether oxygens (including phenoxy) is 1. The first-order valence-corrected chi connectivity index (χ1v) is 10.7. The molecule has 2 bridgehead atoms. The van der Waals surface area contributed by atoms with Crippen LogP contribution in [-0.4, -0.2) is 12.7 Å². The van der Waals surface area contributed by atoms with Gasteiger partial charge < -0.3 is 4.74 Å². The average molecular weight is 349 g/mol. The van der Waals surface area contributed by atoms with E-state index in [0.717, 1.165) is 6.61 Å². The Morgan fingerprint density at radius 3 is 2.23 bits per heavy atom. The van der Waals surface area contributed by atoms with E-state index in [4.69, 9.17) is 4.74 Å². The van der Waals surface area contributed by atoms with Crippen LogP contribution in [0.2, 0.25) is 0 Å². The fraction of sp³-hybridized carbons (Fsp3) is 0.600. The van der Waals surface area contributed by atoms with E-state index >= 15 is 0 Å². The van der Waals surface area contributed by atoms with Gasteiger partial charge in [0.2, 0.25) is 0 Å². The minimum Gasteiger partial charge on any atom is -0.377 e. The molecule has 1 heterocycles. The van der Waals surface area contributed by atoms with Crippen LogP contribution < -0.4 is 0 Å². The van der Waals surface area contributed by atoms with Crippen molar-refractivity contribution in [1.29, 1.82) is 0 Å². The summed E-state index contributed by atoms with van der Waals surface area (Å²) in [7, 11) is 0. The molecule has 6 rings (SSSR count). The number of benzene rings is 2. The van der Waals surface area contributed by atoms with Crippen LogP contribution in [0.4, 0.5) is 0 Å². The Bertz CT molecular complexity index is 787. The maximum Gasteiger partial charge on any atom is 0.0631 e. The van der Waals surface area contributed by atoms with Crippen molar-refractivity contribution < 1.29 is 4.74 Å². The van der Waals surface area contributed by atoms with E-state index in [1.54, 1.807) is 0 Å². The Hall–Kier alpha value is -1.34. The molecule has 1 saturated heterocycles. The molecule has 1 nitrogen and oxygen atoms in total. The highest BCUT2D eigenvalue weighted by atomic mass is 16.5. The van der Waals surface area contributed by atoms with Crippen molar-refractivity contribution in [3.63, 3.8) is 0 Å². The number of rotatable bonds is 2. The lowest BCUT2D eigenvalue weighted by atomic mass is 9.52. The van der Waals surface area contributed by atoms with Gasteiger partial charge >= 0.3 is 0 Å². The van der Waals surface area contributed by atoms with Gasteiger partial charge in [-0.05, 0) is 85.5 Å². The summed E-state index contributed by atoms with van der Waals surface area (Å²) in [4.78, 5) is 0. The molecule has 138 valence electrons. The first kappa shape index (κ1) is 16.8. The van der Waals surface area contributed by atoms with Crippen molar-refractivity contribution in [2.75, 3.05) is 6.61 Å². The standard InChI is InChI=1S/C25H32O/c1-18-3-4-20-16-21(6-5-19(20)15-18)22-7-8-23(26-17-22)25-12-9-24(2,10-13-25)11-14-25/h3-6,15-16,22-23H,7-14,17H2,1-2H3. The van der Waals surface area contributed by atoms with Crippen molar-refractivity contribution in [2.45, 2.75) is 77.2 Å². The summed E-state index contributed by atoms with van der Waals surface area (Å²) in [6.07, 6.45) is 11.6. The van der Waals surface area contributed by atoms with Gasteiger partial charge in [-0.1, -0.05) is 48.9 Å². The number of hydrogen-bond donors (Lipinski definition) is 0. The predicted molar refractivity (Wildman–Crippen MR) is 109 cm³/mol. The Morgan fingerprint density at radius 2 is 1.54 bits per heavy atom. The third-order valence-electron chi connectivity index (χ3n) is 8.13. The lowest BCUT2D eigenvalue weighted by molar-refractivity contribution is -0.133. The van der Waals surface area contributed by atoms with Crippen molar-refractivity contribution in [1.82, 2.24) is 0 Å². The summed E-state index contributed by atoms with van der Waals surface area (Å²) >= 11 is 0. The Morgan fingerprint density at radius 1 is 0.846 bits per heavy atom. The van der Waals surface area contributed by atoms with Crippen LogP contribution in [0.25, 0.3) is 10.8 Å². The van der Waals surface area contributed by atoms with Gasteiger partial charge in [-0.3, -0.25) is 0 Å². The number of aryl methyl sites for hydroxylation is 1. The van der Waals surface area contributed by atoms with Crippen LogP contribution in [0.5, 0.6) is 0 Å². The topological polar surface area (TPSA) is 9.23 Å². The zero-order chi connectivity index (χ0) is 17.8. The molecule has 0 amide bonds. The Kier molecular flexibility index (Phi) is 3.94. The summed E-state index contributed by atoms with van der Waals surface area (Å²) in [6.45, 7) is 5.59. The van der Waals surface area contributed by atoms with Gasteiger partial charge in [0, 0.05) is 5.92 Å². The minimum atomic E-state index is 0.518. The predicted octanol–water partition coefficient (Wildman–Crippen LogP) is 6.77. The minimum absolute atomic E-state index is 0.518. The van der Waals surface area contributed by atoms with Crippen molar-refractivity contribution in [2.24, 2.45) is 10.8 Å². The largest absolute Gasteiger partial charge is 0.377 e. The normalized spacial score (nSPS) is 37.2. The second-order valence-corrected chi connectivity index (χ2v) is 9.88. The summed E-state index contributed by atoms with van der Waals surface area (Å²) < 4.78 is 6.57. The van der Waals surface area contributed by atoms with E-state index in [0.29, 0.717) is 22.9 Å². The maximum atomic E-state index is 6.57. The SMILES string of the molecule is Cc1ccc2cc(C3CCC(C45CCC(C)(CC4)CC5)OC3)ccc2c1. The maximum absolute atomic E-state index is 6.57. The summed E-state index contributed by atoms with van der Waals surface area (Å²) in [5.41, 5.74) is 3.98. The average Bonchev–Trinajstić information content (AvgIpc) is 2.69. The molecular weight excluding hydrogens is 316 g/mol. The van der Waals surface area contributed by atoms with Crippen LogP contribution in [0.3, 0.4) is 0 Å². The lowest BCUT2D eigenvalue weighted by Gasteiger charge is -2.56. The third-order valence-corrected chi connectivity index (χ3v) is 8.13. The molecule has 4 fully saturated rings. The van der Waals surface area contributed by atoms with E-state index < -0.39 is 0 Å². The third kappa shape index (κ3) is 2.80. The van der Waals surface area contributed by atoms with Crippen molar-refractivity contribution >= 4 is 10.8 Å². The van der Waals surface area contributed by atoms with Crippen LogP contribution in [0.15, 0.2) is 36.4 Å². The Balaban J connectivity index is 1.29. The molecule has 3 saturated carbocycles. The second kappa shape index (κ2) is 6.09. The highest BCUT2D eigenvalue weighted by Gasteiger charge is 2.51. The van der Waals surface area contributed by atoms with Crippen molar-refractivity contribution in [3.8, 4) is 0 Å². The van der Waals surface area contributed by atoms with Crippen LogP contribution >= 0.6 is 0 Å². The molecule has 26 heavy (non-hydrogen) atoms. The first-order chi connectivity index (χ1) is 12.6. The molecular formula is C25H32O. The molecule has 1 heteroatoms. The molecule has 2 aromatic rings. The highest BCUT2D eigenvalue weighted by molar-refractivity contribution is 5.83. The molecule has 1 aliphatic heterocycles. The van der Waals surface area contributed by atoms with Gasteiger partial charge in [-0.15, -0.1) is 0 Å². The molecule has 0 aromatic heterocycles. The summed E-state index contributed by atoms with van der Waals surface area (Å²) in [5, 5.41) is 2.72. The monoisotopic (exact) mass is 348 g/mol. The molecule has 2 unspecified atom stereocenters. The number of hydrogen-bond acceptors (Lipinski definition) is 1. The van der Waals surface area contributed by atoms with Gasteiger partial charge in [0.25, 0.3) is 0 Å². The zero-order valence-corrected chi connectivity index (χ0v) is 16.4. The van der Waals surface area contributed by atoms with Gasteiger partial charge in [0.15, 0.2) is 0 Å². The highest BCUT2D eigenvalue weighted by Crippen LogP contribution is 2.59. The van der Waals surface area contributed by atoms with Gasteiger partial charge in [0.1, 0.15) is 0 Å². The first-order valence-electron chi connectivity index (χ1n) is 10.7. The lowest BCUT2D eigenvalue weighted by Crippen LogP contribution is -2.49. The molecule has 0 spiro atoms. The second-order valence-electron chi connectivity index (χ2n) is 9.88. The van der Waals surface area contributed by atoms with Gasteiger partial charge in [-0.25, -0.2) is 0 Å². The molecule has 3 aliphatic carbocycles. The van der Waals surface area contributed by atoms with Crippen LogP contribution in [-0.2, 0) is 4.74 Å². The van der Waals surface area contributed by atoms with Crippen LogP contribution in [0.1, 0.15) is 75.3 Å². The molecule has 2 aromatic carbocycles. The molecule has 2 atom stereocenters. The smallest absolute Gasteiger partial charge is 0.0631 e. The van der Waals surface area contributed by atoms with Gasteiger partial charge in [-0.2, -0.15) is 0 Å². The van der Waals surface area contributed by atoms with Crippen LogP contribution in [0, 0.1) is 17.8 Å². The quantitative estimate of drug-likeness (QED) is 0.582. The zero-order valence-electron chi connectivity index (χ0n) is 16.4. The van der Waals surface area contributed by atoms with E-state index in [1.165, 1.54) is 73.3 Å².